The average molecular weight is 444 g/mol. The van der Waals surface area contributed by atoms with Crippen molar-refractivity contribution in [3.8, 4) is 39.5 Å². The molecule has 0 spiro atoms. The van der Waals surface area contributed by atoms with E-state index in [4.69, 9.17) is 9.40 Å². The van der Waals surface area contributed by atoms with Crippen molar-refractivity contribution in [3.05, 3.63) is 131 Å². The molecule has 5 nitrogen and oxygen atoms in total. The highest BCUT2D eigenvalue weighted by Gasteiger charge is 2.21. The summed E-state index contributed by atoms with van der Waals surface area (Å²) in [6, 6.07) is 32.2. The van der Waals surface area contributed by atoms with E-state index in [1.807, 2.05) is 66.9 Å². The van der Waals surface area contributed by atoms with Crippen molar-refractivity contribution in [1.29, 1.82) is 0 Å². The molecule has 4 aromatic rings. The van der Waals surface area contributed by atoms with E-state index in [1.54, 1.807) is 10.8 Å². The smallest absolute Gasteiger partial charge is 0.278 e. The number of furan rings is 1. The third-order valence-corrected chi connectivity index (χ3v) is 5.96. The Hall–Kier alpha value is -4.64. The number of nitrogens with one attached hydrogen (secondary N) is 1. The van der Waals surface area contributed by atoms with Crippen LogP contribution in [0, 0.1) is 0 Å². The van der Waals surface area contributed by atoms with Crippen LogP contribution >= 0.6 is 0 Å². The summed E-state index contributed by atoms with van der Waals surface area (Å²) in [6.45, 7) is 0. The summed E-state index contributed by atoms with van der Waals surface area (Å²) in [5, 5.41) is 0. The van der Waals surface area contributed by atoms with Crippen LogP contribution in [-0.2, 0) is 6.42 Å². The quantitative estimate of drug-likeness (QED) is 0.346. The summed E-state index contributed by atoms with van der Waals surface area (Å²) < 4.78 is 7.09. The van der Waals surface area contributed by atoms with Crippen LogP contribution in [-0.4, -0.2) is 14.5 Å². The maximum atomic E-state index is 13.3. The van der Waals surface area contributed by atoms with Gasteiger partial charge in [0.05, 0.1) is 24.1 Å². The molecule has 6 rings (SSSR count). The number of nitrogens with zero attached hydrogens (tertiary/aromatic N) is 2. The second-order valence-corrected chi connectivity index (χ2v) is 8.17. The summed E-state index contributed by atoms with van der Waals surface area (Å²) in [5.41, 5.74) is 6.19. The van der Waals surface area contributed by atoms with E-state index in [1.165, 1.54) is 0 Å². The van der Waals surface area contributed by atoms with Crippen LogP contribution in [0.15, 0.2) is 119 Å². The van der Waals surface area contributed by atoms with Crippen molar-refractivity contribution in [3.63, 3.8) is 0 Å². The molecule has 3 aromatic carbocycles. The van der Waals surface area contributed by atoms with Crippen LogP contribution < -0.4 is 5.56 Å². The monoisotopic (exact) mass is 443 g/mol. The summed E-state index contributed by atoms with van der Waals surface area (Å²) in [4.78, 5) is 21.6. The number of H-pyrrole nitrogens is 1. The number of benzene rings is 3. The fourth-order valence-electron chi connectivity index (χ4n) is 4.23. The molecule has 34 heavy (non-hydrogen) atoms. The first-order chi connectivity index (χ1) is 16.8. The van der Waals surface area contributed by atoms with Crippen molar-refractivity contribution < 1.29 is 4.42 Å². The average Bonchev–Trinajstić information content (AvgIpc) is 3.53. The van der Waals surface area contributed by atoms with Gasteiger partial charge in [0.2, 0.25) is 0 Å². The summed E-state index contributed by atoms with van der Waals surface area (Å²) >= 11 is 0. The highest BCUT2D eigenvalue weighted by Crippen LogP contribution is 2.30. The first kappa shape index (κ1) is 20.0. The molecule has 1 aromatic heterocycles. The van der Waals surface area contributed by atoms with Gasteiger partial charge in [0.1, 0.15) is 11.5 Å². The zero-order chi connectivity index (χ0) is 22.9. The van der Waals surface area contributed by atoms with E-state index >= 15 is 0 Å². The van der Waals surface area contributed by atoms with Crippen molar-refractivity contribution in [1.82, 2.24) is 14.5 Å². The molecule has 0 saturated carbocycles. The van der Waals surface area contributed by atoms with Crippen molar-refractivity contribution in [2.75, 3.05) is 0 Å². The number of hydrogen-bond donors (Lipinski definition) is 1. The Kier molecular flexibility index (Phi) is 4.92. The van der Waals surface area contributed by atoms with Gasteiger partial charge in [-0.2, -0.15) is 0 Å². The first-order valence-electron chi connectivity index (χ1n) is 11.1. The van der Waals surface area contributed by atoms with Crippen LogP contribution in [0.4, 0.5) is 0 Å². The van der Waals surface area contributed by atoms with Gasteiger partial charge in [0.15, 0.2) is 5.82 Å². The van der Waals surface area contributed by atoms with E-state index < -0.39 is 0 Å². The molecule has 0 bridgehead atoms. The first-order valence-corrected chi connectivity index (χ1v) is 11.1. The van der Waals surface area contributed by atoms with E-state index in [0.717, 1.165) is 33.6 Å². The molecule has 164 valence electrons. The van der Waals surface area contributed by atoms with Gasteiger partial charge in [0.25, 0.3) is 5.56 Å². The third kappa shape index (κ3) is 3.63. The van der Waals surface area contributed by atoms with Gasteiger partial charge in [-0.3, -0.25) is 9.36 Å². The standard InChI is InChI=1S/C29H21N3O2/c33-29-25(18-24-12-7-17-34-24)31-28-27(30-26(19-32(28)29)22-10-5-2-6-11-22)23-15-13-21(14-16-23)20-8-3-1-4-9-20/h1-17,19,30H,18H2. The Morgan fingerprint density at radius 2 is 1.38 bits per heavy atom. The minimum atomic E-state index is -0.139. The normalized spacial score (nSPS) is 11.2. The summed E-state index contributed by atoms with van der Waals surface area (Å²) in [5.74, 6) is 1.31. The van der Waals surface area contributed by atoms with Crippen molar-refractivity contribution >= 4 is 0 Å². The molecule has 0 unspecified atom stereocenters. The lowest BCUT2D eigenvalue weighted by atomic mass is 10.0. The van der Waals surface area contributed by atoms with Gasteiger partial charge in [0, 0.05) is 11.8 Å². The van der Waals surface area contributed by atoms with E-state index in [9.17, 15) is 4.79 Å². The maximum absolute atomic E-state index is 13.3. The molecule has 2 aliphatic heterocycles. The molecule has 0 aliphatic carbocycles. The summed E-state index contributed by atoms with van der Waals surface area (Å²) in [7, 11) is 0. The molecule has 2 aliphatic rings. The highest BCUT2D eigenvalue weighted by molar-refractivity contribution is 5.74. The fourth-order valence-corrected chi connectivity index (χ4v) is 4.23. The highest BCUT2D eigenvalue weighted by atomic mass is 16.3. The SMILES string of the molecule is O=c1c(Cc2ccco2)nc2c(-c3ccc(-c4ccccc4)cc3)[nH]c(-c3ccccc3)cn1-2. The van der Waals surface area contributed by atoms with Crippen LogP contribution in [0.1, 0.15) is 11.5 Å². The van der Waals surface area contributed by atoms with Gasteiger partial charge in [-0.15, -0.1) is 0 Å². The molecule has 3 heterocycles. The largest absolute Gasteiger partial charge is 0.469 e. The molecule has 0 amide bonds. The molecule has 0 atom stereocenters. The molecule has 1 N–H and O–H groups in total. The lowest BCUT2D eigenvalue weighted by Gasteiger charge is -2.14. The Morgan fingerprint density at radius 3 is 2.06 bits per heavy atom. The Bertz CT molecular complexity index is 1560. The molecule has 0 saturated heterocycles. The maximum Gasteiger partial charge on any atom is 0.278 e. The lowest BCUT2D eigenvalue weighted by molar-refractivity contribution is 0.519. The molecule has 0 radical (unpaired) electrons. The molecular formula is C29H21N3O2. The Labute approximate surface area is 196 Å². The fraction of sp³-hybridized carbons (Fsp3) is 0.0345. The zero-order valence-corrected chi connectivity index (χ0v) is 18.3. The van der Waals surface area contributed by atoms with Gasteiger partial charge in [-0.1, -0.05) is 84.9 Å². The topological polar surface area (TPSA) is 63.8 Å². The third-order valence-electron chi connectivity index (χ3n) is 5.96. The molecule has 5 heteroatoms. The predicted molar refractivity (Wildman–Crippen MR) is 133 cm³/mol. The van der Waals surface area contributed by atoms with Gasteiger partial charge < -0.3 is 9.40 Å². The minimum Gasteiger partial charge on any atom is -0.469 e. The van der Waals surface area contributed by atoms with E-state index in [-0.39, 0.29) is 5.56 Å². The van der Waals surface area contributed by atoms with Crippen LogP contribution in [0.2, 0.25) is 0 Å². The van der Waals surface area contributed by atoms with Crippen LogP contribution in [0.25, 0.3) is 39.5 Å². The van der Waals surface area contributed by atoms with Gasteiger partial charge in [-0.25, -0.2) is 4.98 Å². The van der Waals surface area contributed by atoms with Gasteiger partial charge in [-0.05, 0) is 28.8 Å². The second kappa shape index (κ2) is 8.37. The number of hydrogen-bond acceptors (Lipinski definition) is 3. The van der Waals surface area contributed by atoms with Crippen LogP contribution in [0.3, 0.4) is 0 Å². The van der Waals surface area contributed by atoms with Crippen LogP contribution in [0.5, 0.6) is 0 Å². The zero-order valence-electron chi connectivity index (χ0n) is 18.3. The number of fused-ring (bicyclic) bond motifs is 1. The van der Waals surface area contributed by atoms with E-state index in [2.05, 4.69) is 41.4 Å². The Morgan fingerprint density at radius 1 is 0.735 bits per heavy atom. The van der Waals surface area contributed by atoms with Gasteiger partial charge >= 0.3 is 0 Å². The predicted octanol–water partition coefficient (Wildman–Crippen LogP) is 6.18. The minimum absolute atomic E-state index is 0.139. The molecular weight excluding hydrogens is 422 g/mol. The summed E-state index contributed by atoms with van der Waals surface area (Å²) in [6.07, 6.45) is 3.78. The Balaban J connectivity index is 1.51. The van der Waals surface area contributed by atoms with E-state index in [0.29, 0.717) is 23.7 Å². The number of imidazole rings is 1. The number of rotatable bonds is 5. The van der Waals surface area contributed by atoms with Crippen molar-refractivity contribution in [2.45, 2.75) is 6.42 Å². The second-order valence-electron chi connectivity index (χ2n) is 8.17. The molecule has 0 fully saturated rings. The van der Waals surface area contributed by atoms with Crippen molar-refractivity contribution in [2.24, 2.45) is 0 Å². The number of aromatic amines is 1. The number of aromatic nitrogens is 3. The lowest BCUT2D eigenvalue weighted by Crippen LogP contribution is -2.16.